The average Bonchev–Trinajstić information content (AvgIpc) is 2.62. The number of hydrogen-bond donors (Lipinski definition) is 2. The van der Waals surface area contributed by atoms with Gasteiger partial charge in [-0.1, -0.05) is 31.7 Å². The van der Waals surface area contributed by atoms with Gasteiger partial charge in [0.15, 0.2) is 6.29 Å². The number of amides is 2. The fourth-order valence-electron chi connectivity index (χ4n) is 2.36. The van der Waals surface area contributed by atoms with Crippen LogP contribution in [0.2, 0.25) is 0 Å². The Bertz CT molecular complexity index is 846. The van der Waals surface area contributed by atoms with Gasteiger partial charge in [-0.05, 0) is 37.1 Å². The minimum absolute atomic E-state index is 0.226. The zero-order valence-corrected chi connectivity index (χ0v) is 14.8. The zero-order valence-electron chi connectivity index (χ0n) is 14.8. The predicted octanol–water partition coefficient (Wildman–Crippen LogP) is 2.96. The number of anilines is 1. The van der Waals surface area contributed by atoms with Crippen LogP contribution in [0.1, 0.15) is 35.0 Å². The monoisotopic (exact) mass is 351 g/mol. The van der Waals surface area contributed by atoms with Crippen molar-refractivity contribution < 1.29 is 9.59 Å². The molecule has 0 unspecified atom stereocenters. The molecule has 2 rings (SSSR count). The van der Waals surface area contributed by atoms with Crippen LogP contribution in [0.3, 0.4) is 0 Å². The van der Waals surface area contributed by atoms with Crippen molar-refractivity contribution in [2.24, 2.45) is 10.8 Å². The zero-order chi connectivity index (χ0) is 19.1. The first kappa shape index (κ1) is 18.9. The molecule has 7 heteroatoms. The number of primary amides is 1. The Labute approximate surface area is 152 Å². The number of benzene rings is 1. The van der Waals surface area contributed by atoms with E-state index in [4.69, 9.17) is 5.73 Å². The van der Waals surface area contributed by atoms with E-state index >= 15 is 0 Å². The molecule has 0 aliphatic rings. The molecule has 0 bridgehead atoms. The van der Waals surface area contributed by atoms with Gasteiger partial charge >= 0.3 is 6.03 Å². The summed E-state index contributed by atoms with van der Waals surface area (Å²) in [5.41, 5.74) is 8.57. The fraction of sp³-hybridized carbons (Fsp3) is 0.158. The van der Waals surface area contributed by atoms with E-state index < -0.39 is 6.03 Å². The van der Waals surface area contributed by atoms with Gasteiger partial charge in [0.2, 0.25) is 0 Å². The van der Waals surface area contributed by atoms with Crippen LogP contribution in [0.15, 0.2) is 60.1 Å². The SMILES string of the molecule is C=C(NC(N)=O)N(/N=C(\CC)c1cnc(C=O)c(C)c1)c1ccccc1. The molecule has 1 aromatic heterocycles. The van der Waals surface area contributed by atoms with Gasteiger partial charge in [-0.2, -0.15) is 5.10 Å². The second kappa shape index (κ2) is 8.57. The Kier molecular flexibility index (Phi) is 6.21. The number of aromatic nitrogens is 1. The summed E-state index contributed by atoms with van der Waals surface area (Å²) in [6.07, 6.45) is 2.93. The molecule has 0 aliphatic heterocycles. The van der Waals surface area contributed by atoms with Gasteiger partial charge < -0.3 is 5.73 Å². The summed E-state index contributed by atoms with van der Waals surface area (Å²) in [5, 5.41) is 8.60. The standard InChI is InChI=1S/C19H21N5O2/c1-4-17(15-10-13(2)18(12-25)21-11-15)23-24(14(3)22-19(20)26)16-8-6-5-7-9-16/h5-12H,3-4H2,1-2H3,(H3,20,22,26)/b23-17+. The van der Waals surface area contributed by atoms with E-state index in [1.165, 1.54) is 5.01 Å². The van der Waals surface area contributed by atoms with Crippen molar-refractivity contribution in [3.63, 3.8) is 0 Å². The number of para-hydroxylation sites is 1. The van der Waals surface area contributed by atoms with Crippen molar-refractivity contribution >= 4 is 23.7 Å². The highest BCUT2D eigenvalue weighted by Gasteiger charge is 2.14. The molecule has 0 aliphatic carbocycles. The van der Waals surface area contributed by atoms with Crippen molar-refractivity contribution in [1.82, 2.24) is 10.3 Å². The van der Waals surface area contributed by atoms with Crippen LogP contribution in [0, 0.1) is 6.92 Å². The summed E-state index contributed by atoms with van der Waals surface area (Å²) in [5.74, 6) is 0.226. The number of carbonyl (C=O) groups is 2. The maximum atomic E-state index is 11.2. The Hall–Kier alpha value is -3.48. The van der Waals surface area contributed by atoms with Crippen LogP contribution in [0.4, 0.5) is 10.5 Å². The third-order valence-corrected chi connectivity index (χ3v) is 3.64. The first-order valence-electron chi connectivity index (χ1n) is 8.06. The number of rotatable bonds is 7. The second-order valence-electron chi connectivity index (χ2n) is 5.53. The van der Waals surface area contributed by atoms with E-state index in [-0.39, 0.29) is 5.82 Å². The van der Waals surface area contributed by atoms with Crippen LogP contribution in [0.5, 0.6) is 0 Å². The third kappa shape index (κ3) is 4.54. The van der Waals surface area contributed by atoms with Crippen molar-refractivity contribution in [2.75, 3.05) is 5.01 Å². The molecule has 0 saturated heterocycles. The van der Waals surface area contributed by atoms with Crippen LogP contribution >= 0.6 is 0 Å². The van der Waals surface area contributed by atoms with Gasteiger partial charge in [-0.25, -0.2) is 9.80 Å². The number of pyridine rings is 1. The molecule has 3 N–H and O–H groups in total. The van der Waals surface area contributed by atoms with Gasteiger partial charge in [0.05, 0.1) is 11.4 Å². The number of carbonyl (C=O) groups excluding carboxylic acids is 2. The molecular formula is C19H21N5O2. The minimum atomic E-state index is -0.725. The number of urea groups is 1. The highest BCUT2D eigenvalue weighted by molar-refractivity contribution is 6.01. The Balaban J connectivity index is 2.48. The lowest BCUT2D eigenvalue weighted by molar-refractivity contribution is 0.111. The smallest absolute Gasteiger partial charge is 0.317 e. The van der Waals surface area contributed by atoms with Crippen molar-refractivity contribution in [2.45, 2.75) is 20.3 Å². The molecule has 1 heterocycles. The number of aldehydes is 1. The van der Waals surface area contributed by atoms with E-state index in [0.29, 0.717) is 23.5 Å². The number of nitrogens with zero attached hydrogens (tertiary/aromatic N) is 3. The Morgan fingerprint density at radius 1 is 1.38 bits per heavy atom. The summed E-state index contributed by atoms with van der Waals surface area (Å²) in [6, 6.07) is 10.4. The molecular weight excluding hydrogens is 330 g/mol. The molecule has 1 aromatic carbocycles. The highest BCUT2D eigenvalue weighted by Crippen LogP contribution is 2.19. The van der Waals surface area contributed by atoms with Gasteiger partial charge in [0.25, 0.3) is 0 Å². The first-order valence-corrected chi connectivity index (χ1v) is 8.06. The predicted molar refractivity (Wildman–Crippen MR) is 102 cm³/mol. The topological polar surface area (TPSA) is 101 Å². The molecule has 0 fully saturated rings. The summed E-state index contributed by atoms with van der Waals surface area (Å²) < 4.78 is 0. The van der Waals surface area contributed by atoms with Gasteiger partial charge in [-0.3, -0.25) is 15.1 Å². The maximum Gasteiger partial charge on any atom is 0.317 e. The van der Waals surface area contributed by atoms with Crippen molar-refractivity contribution in [3.8, 4) is 0 Å². The Morgan fingerprint density at radius 2 is 2.08 bits per heavy atom. The molecule has 134 valence electrons. The summed E-state index contributed by atoms with van der Waals surface area (Å²) in [4.78, 5) is 26.3. The minimum Gasteiger partial charge on any atom is -0.351 e. The molecule has 2 amide bonds. The van der Waals surface area contributed by atoms with E-state index in [0.717, 1.165) is 17.4 Å². The molecule has 26 heavy (non-hydrogen) atoms. The van der Waals surface area contributed by atoms with E-state index in [2.05, 4.69) is 22.0 Å². The molecule has 2 aromatic rings. The van der Waals surface area contributed by atoms with Crippen LogP contribution in [-0.2, 0) is 0 Å². The highest BCUT2D eigenvalue weighted by atomic mass is 16.2. The lowest BCUT2D eigenvalue weighted by atomic mass is 10.1. The van der Waals surface area contributed by atoms with E-state index in [1.54, 1.807) is 6.20 Å². The van der Waals surface area contributed by atoms with Crippen molar-refractivity contribution in [3.05, 3.63) is 71.8 Å². The molecule has 0 radical (unpaired) electrons. The normalized spacial score (nSPS) is 10.9. The van der Waals surface area contributed by atoms with Crippen LogP contribution in [0.25, 0.3) is 0 Å². The number of aryl methyl sites for hydroxylation is 1. The lowest BCUT2D eigenvalue weighted by Crippen LogP contribution is -2.35. The van der Waals surface area contributed by atoms with E-state index in [1.807, 2.05) is 50.2 Å². The molecule has 0 atom stereocenters. The number of hydrazone groups is 1. The first-order chi connectivity index (χ1) is 12.5. The number of nitrogens with two attached hydrogens (primary N) is 1. The summed E-state index contributed by atoms with van der Waals surface area (Å²) >= 11 is 0. The summed E-state index contributed by atoms with van der Waals surface area (Å²) in [7, 11) is 0. The van der Waals surface area contributed by atoms with Crippen LogP contribution in [-0.4, -0.2) is 23.0 Å². The van der Waals surface area contributed by atoms with Gasteiger partial charge in [0.1, 0.15) is 11.5 Å². The van der Waals surface area contributed by atoms with Gasteiger partial charge in [-0.15, -0.1) is 0 Å². The Morgan fingerprint density at radius 3 is 2.62 bits per heavy atom. The van der Waals surface area contributed by atoms with E-state index in [9.17, 15) is 9.59 Å². The third-order valence-electron chi connectivity index (χ3n) is 3.64. The molecule has 0 spiro atoms. The van der Waals surface area contributed by atoms with Gasteiger partial charge in [0, 0.05) is 11.8 Å². The largest absolute Gasteiger partial charge is 0.351 e. The number of hydrogen-bond acceptors (Lipinski definition) is 5. The quantitative estimate of drug-likeness (QED) is 0.455. The fourth-order valence-corrected chi connectivity index (χ4v) is 2.36. The molecule has 0 saturated carbocycles. The summed E-state index contributed by atoms with van der Waals surface area (Å²) in [6.45, 7) is 7.61. The second-order valence-corrected chi connectivity index (χ2v) is 5.53. The average molecular weight is 351 g/mol. The lowest BCUT2D eigenvalue weighted by Gasteiger charge is -2.22. The van der Waals surface area contributed by atoms with Crippen LogP contribution < -0.4 is 16.1 Å². The maximum absolute atomic E-state index is 11.2. The van der Waals surface area contributed by atoms with Crippen molar-refractivity contribution in [1.29, 1.82) is 0 Å². The molecule has 7 nitrogen and oxygen atoms in total. The number of nitrogens with one attached hydrogen (secondary N) is 1.